The maximum atomic E-state index is 11.4. The lowest BCUT2D eigenvalue weighted by molar-refractivity contribution is -0.142. The Labute approximate surface area is 302 Å². The average Bonchev–Trinajstić information content (AvgIpc) is 3.13. The second kappa shape index (κ2) is 42.3. The molecule has 0 saturated heterocycles. The number of aliphatic carboxylic acids is 1. The predicted molar refractivity (Wildman–Crippen MR) is 181 cm³/mol. The van der Waals surface area contributed by atoms with Crippen LogP contribution in [0, 0.1) is 0 Å². The zero-order valence-corrected chi connectivity index (χ0v) is 30.5. The number of ether oxygens (including phenoxy) is 13. The summed E-state index contributed by atoms with van der Waals surface area (Å²) in [6.07, 6.45) is 0.702. The molecule has 2 N–H and O–H groups in total. The van der Waals surface area contributed by atoms with Crippen LogP contribution in [0.1, 0.15) is 25.7 Å². The number of esters is 1. The predicted octanol–water partition coefficient (Wildman–Crippen LogP) is 0.120. The summed E-state index contributed by atoms with van der Waals surface area (Å²) in [5.74, 6) is -1.55. The van der Waals surface area contributed by atoms with Gasteiger partial charge in [0.1, 0.15) is 0 Å². The van der Waals surface area contributed by atoms with Crippen LogP contribution < -0.4 is 5.32 Å². The van der Waals surface area contributed by atoms with Gasteiger partial charge in [0.15, 0.2) is 0 Å². The quantitative estimate of drug-likeness (QED) is 0.0629. The van der Waals surface area contributed by atoms with E-state index >= 15 is 0 Å². The molecule has 302 valence electrons. The van der Waals surface area contributed by atoms with Gasteiger partial charge in [-0.25, -0.2) is 0 Å². The highest BCUT2D eigenvalue weighted by atomic mass is 16.6. The largest absolute Gasteiger partial charge is 0.481 e. The van der Waals surface area contributed by atoms with Crippen molar-refractivity contribution in [3.8, 4) is 0 Å². The molecule has 0 radical (unpaired) electrons. The van der Waals surface area contributed by atoms with Gasteiger partial charge in [-0.15, -0.1) is 0 Å². The van der Waals surface area contributed by atoms with Gasteiger partial charge in [-0.2, -0.15) is 0 Å². The molecule has 0 aliphatic rings. The minimum Gasteiger partial charge on any atom is -0.481 e. The van der Waals surface area contributed by atoms with Gasteiger partial charge < -0.3 is 72.0 Å². The summed E-state index contributed by atoms with van der Waals surface area (Å²) >= 11 is 0. The van der Waals surface area contributed by atoms with Crippen molar-refractivity contribution in [1.29, 1.82) is 0 Å². The van der Waals surface area contributed by atoms with E-state index in [0.29, 0.717) is 172 Å². The highest BCUT2D eigenvalue weighted by Gasteiger charge is 2.04. The molecule has 18 heteroatoms. The third kappa shape index (κ3) is 44.0. The molecule has 0 heterocycles. The van der Waals surface area contributed by atoms with E-state index in [1.165, 1.54) is 7.11 Å². The molecule has 18 nitrogen and oxygen atoms in total. The molecule has 0 aromatic rings. The summed E-state index contributed by atoms with van der Waals surface area (Å²) < 4.78 is 69.6. The zero-order valence-electron chi connectivity index (χ0n) is 30.5. The number of carboxylic acids is 1. The van der Waals surface area contributed by atoms with E-state index < -0.39 is 5.97 Å². The number of carboxylic acid groups (broad SMARTS) is 1. The highest BCUT2D eigenvalue weighted by Crippen LogP contribution is 1.91. The van der Waals surface area contributed by atoms with Gasteiger partial charge in [0.05, 0.1) is 172 Å². The fourth-order valence-electron chi connectivity index (χ4n) is 3.49. The third-order valence-corrected chi connectivity index (χ3v) is 6.12. The SMILES string of the molecule is COC(=O)CCOCCOCCOCCOCCOCCOCCOCCOCCOCCOCCOCCOCCCNC(=O)CCC(=O)O. The summed E-state index contributed by atoms with van der Waals surface area (Å²) in [5, 5.41) is 11.2. The first-order valence-corrected chi connectivity index (χ1v) is 17.5. The monoisotopic (exact) mass is 745 g/mol. The molecule has 0 fully saturated rings. The maximum absolute atomic E-state index is 11.4. The zero-order chi connectivity index (χ0) is 37.1. The Kier molecular flexibility index (Phi) is 40.6. The Morgan fingerprint density at radius 2 is 0.667 bits per heavy atom. The topological polar surface area (TPSA) is 203 Å². The Hall–Kier alpha value is -2.07. The molecule has 0 spiro atoms. The normalized spacial score (nSPS) is 11.2. The van der Waals surface area contributed by atoms with E-state index in [9.17, 15) is 14.4 Å². The van der Waals surface area contributed by atoms with Crippen LogP contribution in [0.2, 0.25) is 0 Å². The Balaban J connectivity index is 3.09. The van der Waals surface area contributed by atoms with Crippen molar-refractivity contribution in [3.05, 3.63) is 0 Å². The number of rotatable bonds is 43. The Bertz CT molecular complexity index is 765. The number of hydrogen-bond acceptors (Lipinski definition) is 16. The van der Waals surface area contributed by atoms with Crippen LogP contribution in [0.15, 0.2) is 0 Å². The lowest BCUT2D eigenvalue weighted by Crippen LogP contribution is -2.25. The van der Waals surface area contributed by atoms with Crippen LogP contribution in [0.3, 0.4) is 0 Å². The molecule has 0 rings (SSSR count). The number of amides is 1. The number of hydrogen-bond donors (Lipinski definition) is 2. The minimum atomic E-state index is -0.986. The van der Waals surface area contributed by atoms with E-state index in [4.69, 9.17) is 61.9 Å². The van der Waals surface area contributed by atoms with E-state index in [2.05, 4.69) is 10.1 Å². The van der Waals surface area contributed by atoms with Gasteiger partial charge in [0, 0.05) is 19.6 Å². The Morgan fingerprint density at radius 1 is 0.392 bits per heavy atom. The second-order valence-corrected chi connectivity index (χ2v) is 10.3. The van der Waals surface area contributed by atoms with Crippen LogP contribution in [0.4, 0.5) is 0 Å². The van der Waals surface area contributed by atoms with E-state index in [1.807, 2.05) is 0 Å². The molecule has 0 aliphatic carbocycles. The van der Waals surface area contributed by atoms with Crippen molar-refractivity contribution >= 4 is 17.8 Å². The van der Waals surface area contributed by atoms with E-state index in [0.717, 1.165) is 0 Å². The first kappa shape index (κ1) is 48.9. The lowest BCUT2D eigenvalue weighted by atomic mass is 10.3. The molecule has 0 aromatic heterocycles. The molecule has 1 amide bonds. The van der Waals surface area contributed by atoms with Crippen molar-refractivity contribution in [2.75, 3.05) is 172 Å². The molecule has 0 bridgehead atoms. The van der Waals surface area contributed by atoms with Crippen LogP contribution in [0.25, 0.3) is 0 Å². The summed E-state index contributed by atoms with van der Waals surface area (Å²) in [5.41, 5.74) is 0. The van der Waals surface area contributed by atoms with Crippen LogP contribution in [-0.2, 0) is 76.0 Å². The lowest BCUT2D eigenvalue weighted by Gasteiger charge is -2.09. The maximum Gasteiger partial charge on any atom is 0.307 e. The van der Waals surface area contributed by atoms with Crippen molar-refractivity contribution < 1.29 is 81.1 Å². The molecular weight excluding hydrogens is 682 g/mol. The van der Waals surface area contributed by atoms with Crippen molar-refractivity contribution in [3.63, 3.8) is 0 Å². The van der Waals surface area contributed by atoms with Gasteiger partial charge in [-0.05, 0) is 6.42 Å². The summed E-state index contributed by atoms with van der Waals surface area (Å²) in [6.45, 7) is 11.5. The minimum absolute atomic E-state index is 0.0140. The highest BCUT2D eigenvalue weighted by molar-refractivity contribution is 5.80. The number of nitrogens with one attached hydrogen (secondary N) is 1. The van der Waals surface area contributed by atoms with Gasteiger partial charge >= 0.3 is 11.9 Å². The van der Waals surface area contributed by atoms with Crippen molar-refractivity contribution in [1.82, 2.24) is 5.32 Å². The van der Waals surface area contributed by atoms with Gasteiger partial charge in [-0.3, -0.25) is 14.4 Å². The Morgan fingerprint density at radius 3 is 0.941 bits per heavy atom. The first-order chi connectivity index (χ1) is 25.1. The third-order valence-electron chi connectivity index (χ3n) is 6.12. The molecule has 0 atom stereocenters. The van der Waals surface area contributed by atoms with E-state index in [1.54, 1.807) is 0 Å². The van der Waals surface area contributed by atoms with Gasteiger partial charge in [0.2, 0.25) is 5.91 Å². The standard InChI is InChI=1S/C33H63NO17/c1-39-33(38)5-8-41-10-12-43-14-16-45-18-20-47-22-24-49-26-28-51-30-29-50-27-25-48-23-21-46-19-17-44-15-13-42-11-9-40-7-2-6-34-31(35)3-4-32(36)37/h2-30H2,1H3,(H,34,35)(H,36,37). The van der Waals surface area contributed by atoms with Crippen LogP contribution in [0.5, 0.6) is 0 Å². The second-order valence-electron chi connectivity index (χ2n) is 10.3. The molecule has 0 aliphatic heterocycles. The van der Waals surface area contributed by atoms with Crippen molar-refractivity contribution in [2.24, 2.45) is 0 Å². The fraction of sp³-hybridized carbons (Fsp3) is 0.909. The molecule has 0 saturated carbocycles. The van der Waals surface area contributed by atoms with Crippen LogP contribution in [-0.4, -0.2) is 195 Å². The average molecular weight is 746 g/mol. The molecule has 51 heavy (non-hydrogen) atoms. The molecular formula is C33H63NO17. The van der Waals surface area contributed by atoms with Crippen LogP contribution >= 0.6 is 0 Å². The number of carbonyl (C=O) groups is 3. The summed E-state index contributed by atoms with van der Waals surface area (Å²) in [7, 11) is 1.35. The molecule has 0 aromatic carbocycles. The van der Waals surface area contributed by atoms with Crippen molar-refractivity contribution in [2.45, 2.75) is 25.7 Å². The summed E-state index contributed by atoms with van der Waals surface area (Å²) in [4.78, 5) is 32.7. The van der Waals surface area contributed by atoms with Gasteiger partial charge in [-0.1, -0.05) is 0 Å². The van der Waals surface area contributed by atoms with E-state index in [-0.39, 0.29) is 31.1 Å². The number of methoxy groups -OCH3 is 1. The number of carbonyl (C=O) groups excluding carboxylic acids is 2. The van der Waals surface area contributed by atoms with Gasteiger partial charge in [0.25, 0.3) is 0 Å². The first-order valence-electron chi connectivity index (χ1n) is 17.5. The summed E-state index contributed by atoms with van der Waals surface area (Å²) in [6, 6.07) is 0. The molecule has 0 unspecified atom stereocenters. The fourth-order valence-corrected chi connectivity index (χ4v) is 3.49. The smallest absolute Gasteiger partial charge is 0.307 e.